The highest BCUT2D eigenvalue weighted by Gasteiger charge is 2.25. The Morgan fingerprint density at radius 2 is 1.88 bits per heavy atom. The van der Waals surface area contributed by atoms with Crippen molar-refractivity contribution in [2.24, 2.45) is 0 Å². The van der Waals surface area contributed by atoms with Gasteiger partial charge in [0.1, 0.15) is 0 Å². The molecule has 2 rings (SSSR count). The zero-order valence-electron chi connectivity index (χ0n) is 14.3. The Balaban J connectivity index is 2.50. The molecule has 0 saturated heterocycles. The predicted octanol–water partition coefficient (Wildman–Crippen LogP) is 2.11. The monoisotopic (exact) mass is 334 g/mol. The Morgan fingerprint density at radius 3 is 2.42 bits per heavy atom. The van der Waals surface area contributed by atoms with Crippen LogP contribution in [0.5, 0.6) is 11.5 Å². The minimum atomic E-state index is -0.446. The van der Waals surface area contributed by atoms with E-state index in [0.29, 0.717) is 29.4 Å². The van der Waals surface area contributed by atoms with Crippen molar-refractivity contribution in [1.29, 1.82) is 0 Å². The molecule has 2 N–H and O–H groups in total. The van der Waals surface area contributed by atoms with Crippen LogP contribution < -0.4 is 15.0 Å². The Kier molecular flexibility index (Phi) is 5.68. The van der Waals surface area contributed by atoms with Crippen molar-refractivity contribution in [2.75, 3.05) is 20.8 Å². The van der Waals surface area contributed by atoms with Gasteiger partial charge < -0.3 is 19.3 Å². The Bertz CT molecular complexity index is 763. The summed E-state index contributed by atoms with van der Waals surface area (Å²) >= 11 is 0. The van der Waals surface area contributed by atoms with Crippen LogP contribution >= 0.6 is 0 Å². The van der Waals surface area contributed by atoms with Gasteiger partial charge in [0, 0.05) is 17.2 Å². The van der Waals surface area contributed by atoms with Crippen LogP contribution in [0.25, 0.3) is 0 Å². The molecule has 0 aliphatic carbocycles. The summed E-state index contributed by atoms with van der Waals surface area (Å²) in [4.78, 5) is 24.2. The van der Waals surface area contributed by atoms with E-state index in [1.165, 1.54) is 7.11 Å². The average molecular weight is 334 g/mol. The van der Waals surface area contributed by atoms with Crippen LogP contribution in [0.4, 0.5) is 0 Å². The van der Waals surface area contributed by atoms with Crippen molar-refractivity contribution in [2.45, 2.75) is 26.2 Å². The topological polar surface area (TPSA) is 93.4 Å². The minimum absolute atomic E-state index is 0.0606. The summed E-state index contributed by atoms with van der Waals surface area (Å²) < 4.78 is 15.6. The van der Waals surface area contributed by atoms with Crippen molar-refractivity contribution in [3.05, 3.63) is 45.4 Å². The number of hydrogen-bond acceptors (Lipinski definition) is 5. The summed E-state index contributed by atoms with van der Waals surface area (Å²) in [6.07, 6.45) is 0.0606. The number of H-pyrrole nitrogens is 2. The predicted molar refractivity (Wildman–Crippen MR) is 88.8 cm³/mol. The van der Waals surface area contributed by atoms with Gasteiger partial charge in [-0.15, -0.1) is 0 Å². The van der Waals surface area contributed by atoms with E-state index in [1.54, 1.807) is 33.1 Å². The molecule has 7 heteroatoms. The number of hydrogen-bond donors (Lipinski definition) is 2. The number of carbonyl (C=O) groups is 1. The third kappa shape index (κ3) is 3.61. The molecular weight excluding hydrogens is 312 g/mol. The second-order valence-corrected chi connectivity index (χ2v) is 5.29. The molecule has 0 spiro atoms. The lowest BCUT2D eigenvalue weighted by Crippen LogP contribution is -2.18. The van der Waals surface area contributed by atoms with Gasteiger partial charge in [0.05, 0.1) is 27.2 Å². The number of methoxy groups -OCH3 is 2. The molecule has 0 aliphatic heterocycles. The standard InChI is InChI=1S/C17H22N2O5/c1-5-24-15(20)9-12(16-10(2)18-19-17(16)21)11-6-7-13(22-3)14(8-11)23-4/h6-8,12H,5,9H2,1-4H3,(H2,18,19,21)/t12-/m0/s1. The first-order chi connectivity index (χ1) is 11.5. The van der Waals surface area contributed by atoms with E-state index in [-0.39, 0.29) is 17.9 Å². The number of aryl methyl sites for hydroxylation is 1. The molecule has 1 atom stereocenters. The Morgan fingerprint density at radius 1 is 1.17 bits per heavy atom. The normalized spacial score (nSPS) is 11.8. The third-order valence-electron chi connectivity index (χ3n) is 3.85. The van der Waals surface area contributed by atoms with Gasteiger partial charge in [-0.2, -0.15) is 0 Å². The summed E-state index contributed by atoms with van der Waals surface area (Å²) in [5.41, 5.74) is 1.71. The van der Waals surface area contributed by atoms with Gasteiger partial charge in [0.25, 0.3) is 5.56 Å². The molecule has 0 bridgehead atoms. The van der Waals surface area contributed by atoms with E-state index < -0.39 is 5.92 Å². The van der Waals surface area contributed by atoms with Crippen molar-refractivity contribution in [3.8, 4) is 11.5 Å². The lowest BCUT2D eigenvalue weighted by Gasteiger charge is -2.17. The van der Waals surface area contributed by atoms with Crippen LogP contribution in [0, 0.1) is 6.92 Å². The Hall–Kier alpha value is -2.70. The molecule has 0 saturated carbocycles. The molecule has 1 aromatic carbocycles. The lowest BCUT2D eigenvalue weighted by molar-refractivity contribution is -0.143. The van der Waals surface area contributed by atoms with E-state index in [1.807, 2.05) is 6.07 Å². The molecule has 1 aromatic heterocycles. The summed E-state index contributed by atoms with van der Waals surface area (Å²) in [6.45, 7) is 3.82. The maximum Gasteiger partial charge on any atom is 0.306 e. The SMILES string of the molecule is CCOC(=O)C[C@@H](c1ccc(OC)c(OC)c1)c1c(C)[nH][nH]c1=O. The number of ether oxygens (including phenoxy) is 3. The first kappa shape index (κ1) is 17.7. The van der Waals surface area contributed by atoms with E-state index in [2.05, 4.69) is 10.2 Å². The molecule has 24 heavy (non-hydrogen) atoms. The van der Waals surface area contributed by atoms with Gasteiger partial charge in [-0.25, -0.2) is 0 Å². The number of aromatic nitrogens is 2. The highest BCUT2D eigenvalue weighted by Crippen LogP contribution is 2.34. The van der Waals surface area contributed by atoms with Gasteiger partial charge in [0.2, 0.25) is 0 Å². The molecule has 7 nitrogen and oxygen atoms in total. The summed E-state index contributed by atoms with van der Waals surface area (Å²) in [5.74, 6) is 0.306. The molecule has 1 heterocycles. The highest BCUT2D eigenvalue weighted by atomic mass is 16.5. The number of esters is 1. The molecular formula is C17H22N2O5. The second-order valence-electron chi connectivity index (χ2n) is 5.29. The van der Waals surface area contributed by atoms with Crippen molar-refractivity contribution >= 4 is 5.97 Å². The van der Waals surface area contributed by atoms with Gasteiger partial charge >= 0.3 is 5.97 Å². The van der Waals surface area contributed by atoms with Crippen LogP contribution in [-0.2, 0) is 9.53 Å². The summed E-state index contributed by atoms with van der Waals surface area (Å²) in [7, 11) is 3.09. The zero-order valence-corrected chi connectivity index (χ0v) is 14.3. The highest BCUT2D eigenvalue weighted by molar-refractivity contribution is 5.71. The van der Waals surface area contributed by atoms with Crippen LogP contribution in [0.2, 0.25) is 0 Å². The summed E-state index contributed by atoms with van der Waals surface area (Å²) in [5, 5.41) is 5.35. The van der Waals surface area contributed by atoms with Gasteiger partial charge in [-0.1, -0.05) is 6.07 Å². The minimum Gasteiger partial charge on any atom is -0.493 e. The van der Waals surface area contributed by atoms with Crippen LogP contribution in [-0.4, -0.2) is 37.0 Å². The van der Waals surface area contributed by atoms with Crippen LogP contribution in [0.3, 0.4) is 0 Å². The second kappa shape index (κ2) is 7.72. The summed E-state index contributed by atoms with van der Waals surface area (Å²) in [6, 6.07) is 5.34. The van der Waals surface area contributed by atoms with E-state index in [9.17, 15) is 9.59 Å². The largest absolute Gasteiger partial charge is 0.493 e. The lowest BCUT2D eigenvalue weighted by atomic mass is 9.88. The van der Waals surface area contributed by atoms with Crippen molar-refractivity contribution in [1.82, 2.24) is 10.2 Å². The number of benzene rings is 1. The molecule has 0 fully saturated rings. The van der Waals surface area contributed by atoms with Gasteiger partial charge in [-0.3, -0.25) is 14.7 Å². The van der Waals surface area contributed by atoms with Crippen molar-refractivity contribution in [3.63, 3.8) is 0 Å². The van der Waals surface area contributed by atoms with Gasteiger partial charge in [-0.05, 0) is 31.5 Å². The number of carbonyl (C=O) groups excluding carboxylic acids is 1. The van der Waals surface area contributed by atoms with E-state index in [0.717, 1.165) is 5.56 Å². The molecule has 0 amide bonds. The third-order valence-corrected chi connectivity index (χ3v) is 3.85. The average Bonchev–Trinajstić information content (AvgIpc) is 2.91. The molecule has 0 radical (unpaired) electrons. The van der Waals surface area contributed by atoms with Gasteiger partial charge in [0.15, 0.2) is 11.5 Å². The maximum atomic E-state index is 12.2. The van der Waals surface area contributed by atoms with Crippen LogP contribution in [0.1, 0.15) is 36.1 Å². The van der Waals surface area contributed by atoms with Crippen LogP contribution in [0.15, 0.2) is 23.0 Å². The fraction of sp³-hybridized carbons (Fsp3) is 0.412. The number of nitrogens with one attached hydrogen (secondary N) is 2. The first-order valence-electron chi connectivity index (χ1n) is 7.66. The fourth-order valence-corrected chi connectivity index (χ4v) is 2.72. The number of rotatable bonds is 7. The quantitative estimate of drug-likeness (QED) is 0.757. The zero-order chi connectivity index (χ0) is 17.7. The molecule has 0 unspecified atom stereocenters. The molecule has 0 aliphatic rings. The Labute approximate surface area is 139 Å². The first-order valence-corrected chi connectivity index (χ1v) is 7.66. The smallest absolute Gasteiger partial charge is 0.306 e. The van der Waals surface area contributed by atoms with E-state index >= 15 is 0 Å². The molecule has 2 aromatic rings. The van der Waals surface area contributed by atoms with E-state index in [4.69, 9.17) is 14.2 Å². The molecule has 130 valence electrons. The van der Waals surface area contributed by atoms with Crippen molar-refractivity contribution < 1.29 is 19.0 Å². The number of aromatic amines is 2. The maximum absolute atomic E-state index is 12.2. The fourth-order valence-electron chi connectivity index (χ4n) is 2.72.